The number of hydrogen-bond donors (Lipinski definition) is 1. The normalized spacial score (nSPS) is 23.4. The van der Waals surface area contributed by atoms with Crippen molar-refractivity contribution < 1.29 is 9.30 Å². The Labute approximate surface area is 158 Å². The van der Waals surface area contributed by atoms with Crippen LogP contribution in [0.5, 0.6) is 0 Å². The fraction of sp³-hybridized carbons (Fsp3) is 0.722. The van der Waals surface area contributed by atoms with E-state index >= 15 is 0 Å². The summed E-state index contributed by atoms with van der Waals surface area (Å²) in [7, 11) is 2.03. The fourth-order valence-corrected chi connectivity index (χ4v) is 4.01. The molecule has 2 aromatic heterocycles. The largest absolute Gasteiger partial charge is 0.342 e. The van der Waals surface area contributed by atoms with Crippen molar-refractivity contribution in [3.63, 3.8) is 0 Å². The van der Waals surface area contributed by atoms with E-state index in [-0.39, 0.29) is 17.9 Å². The average Bonchev–Trinajstić information content (AvgIpc) is 3.13. The van der Waals surface area contributed by atoms with Gasteiger partial charge >= 0.3 is 5.65 Å². The summed E-state index contributed by atoms with van der Waals surface area (Å²) in [6.07, 6.45) is 4.09. The number of aryl methyl sites for hydroxylation is 1. The molecule has 144 valence electrons. The lowest BCUT2D eigenvalue weighted by Crippen LogP contribution is -2.39. The molecule has 1 fully saturated rings. The van der Waals surface area contributed by atoms with E-state index in [2.05, 4.69) is 28.7 Å². The second kappa shape index (κ2) is 8.06. The van der Waals surface area contributed by atoms with Gasteiger partial charge in [-0.15, -0.1) is 11.6 Å². The standard InChI is InChI=1S/C18H28ClN5O2/c1-5-14-12(2)10-15(26-14)24-11-23(9-8-22(4)7-6-19)16-17(24)20-13(3)21-18(16)25/h11-12,14-15H,5-10H2,1-4H3/p+1/t12-,14-,15-/m1/s1. The Morgan fingerprint density at radius 1 is 1.50 bits per heavy atom. The highest BCUT2D eigenvalue weighted by molar-refractivity contribution is 6.18. The number of nitrogens with one attached hydrogen (secondary N) is 1. The van der Waals surface area contributed by atoms with Gasteiger partial charge in [0.2, 0.25) is 5.52 Å². The molecule has 0 bridgehead atoms. The molecular formula is C18H29ClN5O2+. The van der Waals surface area contributed by atoms with E-state index in [1.807, 2.05) is 29.4 Å². The lowest BCUT2D eigenvalue weighted by molar-refractivity contribution is -0.739. The van der Waals surface area contributed by atoms with Crippen molar-refractivity contribution in [1.82, 2.24) is 19.4 Å². The number of aromatic nitrogens is 4. The molecule has 7 nitrogen and oxygen atoms in total. The van der Waals surface area contributed by atoms with Gasteiger partial charge in [0.25, 0.3) is 5.56 Å². The molecule has 0 unspecified atom stereocenters. The Kier molecular flexibility index (Phi) is 5.99. The third kappa shape index (κ3) is 3.80. The van der Waals surface area contributed by atoms with Gasteiger partial charge in [-0.1, -0.05) is 18.8 Å². The Balaban J connectivity index is 1.97. The molecule has 1 N–H and O–H groups in total. The van der Waals surface area contributed by atoms with Crippen LogP contribution >= 0.6 is 11.6 Å². The van der Waals surface area contributed by atoms with Crippen LogP contribution in [0.25, 0.3) is 11.2 Å². The molecule has 1 aliphatic heterocycles. The molecule has 0 aliphatic carbocycles. The van der Waals surface area contributed by atoms with Crippen molar-refractivity contribution in [3.05, 3.63) is 22.5 Å². The third-order valence-electron chi connectivity index (χ3n) is 5.23. The first-order valence-electron chi connectivity index (χ1n) is 9.35. The summed E-state index contributed by atoms with van der Waals surface area (Å²) >= 11 is 5.81. The minimum atomic E-state index is -0.107. The number of rotatable bonds is 7. The molecule has 0 amide bonds. The molecule has 3 atom stereocenters. The smallest absolute Gasteiger partial charge is 0.311 e. The number of aromatic amines is 1. The summed E-state index contributed by atoms with van der Waals surface area (Å²) in [6.45, 7) is 8.50. The molecular weight excluding hydrogens is 354 g/mol. The van der Waals surface area contributed by atoms with Crippen molar-refractivity contribution in [1.29, 1.82) is 0 Å². The van der Waals surface area contributed by atoms with Gasteiger partial charge in [-0.3, -0.25) is 14.3 Å². The van der Waals surface area contributed by atoms with E-state index < -0.39 is 0 Å². The van der Waals surface area contributed by atoms with Crippen LogP contribution in [0.4, 0.5) is 0 Å². The number of nitrogens with zero attached hydrogens (tertiary/aromatic N) is 4. The van der Waals surface area contributed by atoms with Crippen molar-refractivity contribution in [3.8, 4) is 0 Å². The van der Waals surface area contributed by atoms with Crippen molar-refractivity contribution >= 4 is 22.8 Å². The summed E-state index contributed by atoms with van der Waals surface area (Å²) in [5.41, 5.74) is 1.19. The minimum absolute atomic E-state index is 0.0760. The molecule has 1 aliphatic rings. The van der Waals surface area contributed by atoms with Gasteiger partial charge in [0, 0.05) is 32.3 Å². The Hall–Kier alpha value is -1.44. The number of fused-ring (bicyclic) bond motifs is 1. The molecule has 3 heterocycles. The second-order valence-corrected chi connectivity index (χ2v) is 7.66. The maximum absolute atomic E-state index is 12.6. The molecule has 2 aromatic rings. The number of alkyl halides is 1. The number of H-pyrrole nitrogens is 1. The van der Waals surface area contributed by atoms with E-state index in [1.165, 1.54) is 0 Å². The van der Waals surface area contributed by atoms with E-state index in [0.29, 0.717) is 35.3 Å². The van der Waals surface area contributed by atoms with Crippen LogP contribution in [-0.4, -0.2) is 51.6 Å². The van der Waals surface area contributed by atoms with E-state index in [1.54, 1.807) is 0 Å². The molecule has 0 spiro atoms. The van der Waals surface area contributed by atoms with Crippen LogP contribution in [-0.2, 0) is 11.3 Å². The number of likely N-dealkylation sites (N-methyl/N-ethyl adjacent to an activating group) is 1. The Morgan fingerprint density at radius 2 is 2.27 bits per heavy atom. The average molecular weight is 383 g/mol. The van der Waals surface area contributed by atoms with E-state index in [0.717, 1.165) is 25.9 Å². The molecule has 3 rings (SSSR count). The fourth-order valence-electron chi connectivity index (χ4n) is 3.72. The summed E-state index contributed by atoms with van der Waals surface area (Å²) in [5.74, 6) is 1.71. The predicted molar refractivity (Wildman–Crippen MR) is 101 cm³/mol. The first-order valence-corrected chi connectivity index (χ1v) is 9.88. The number of halogens is 1. The van der Waals surface area contributed by atoms with Gasteiger partial charge in [-0.05, 0) is 19.4 Å². The zero-order chi connectivity index (χ0) is 18.8. The zero-order valence-corrected chi connectivity index (χ0v) is 16.8. The van der Waals surface area contributed by atoms with Gasteiger partial charge in [0.1, 0.15) is 0 Å². The molecule has 26 heavy (non-hydrogen) atoms. The van der Waals surface area contributed by atoms with Crippen molar-refractivity contribution in [2.24, 2.45) is 5.92 Å². The Bertz CT molecular complexity index is 818. The number of ether oxygens (including phenoxy) is 1. The topological polar surface area (TPSA) is 67.0 Å². The van der Waals surface area contributed by atoms with Crippen LogP contribution in [0.1, 0.15) is 38.7 Å². The second-order valence-electron chi connectivity index (χ2n) is 7.28. The summed E-state index contributed by atoms with van der Waals surface area (Å²) in [4.78, 5) is 22.2. The first-order chi connectivity index (χ1) is 12.4. The minimum Gasteiger partial charge on any atom is -0.342 e. The summed E-state index contributed by atoms with van der Waals surface area (Å²) < 4.78 is 10.3. The monoisotopic (exact) mass is 382 g/mol. The highest BCUT2D eigenvalue weighted by Gasteiger charge is 2.36. The van der Waals surface area contributed by atoms with Crippen LogP contribution in [0, 0.1) is 12.8 Å². The maximum Gasteiger partial charge on any atom is 0.311 e. The quantitative estimate of drug-likeness (QED) is 0.586. The molecule has 0 aromatic carbocycles. The van der Waals surface area contributed by atoms with Gasteiger partial charge in [0.15, 0.2) is 18.4 Å². The van der Waals surface area contributed by atoms with Gasteiger partial charge in [-0.2, -0.15) is 0 Å². The van der Waals surface area contributed by atoms with Crippen LogP contribution in [0.2, 0.25) is 0 Å². The molecule has 0 saturated carbocycles. The summed E-state index contributed by atoms with van der Waals surface area (Å²) in [5, 5.41) is 0. The lowest BCUT2D eigenvalue weighted by Gasteiger charge is -2.13. The SMILES string of the molecule is CC[C@H]1O[C@@H]([n+]2cn(CCN(C)CCCl)c3c(=O)[nH]c(C)nc32)C[C@H]1C. The maximum atomic E-state index is 12.6. The number of hydrogen-bond acceptors (Lipinski definition) is 4. The van der Waals surface area contributed by atoms with Crippen LogP contribution in [0.15, 0.2) is 11.1 Å². The molecule has 8 heteroatoms. The number of imidazole rings is 1. The predicted octanol–water partition coefficient (Wildman–Crippen LogP) is 1.82. The van der Waals surface area contributed by atoms with Crippen molar-refractivity contribution in [2.45, 2.75) is 52.5 Å². The molecule has 0 radical (unpaired) electrons. The van der Waals surface area contributed by atoms with E-state index in [4.69, 9.17) is 16.3 Å². The van der Waals surface area contributed by atoms with E-state index in [9.17, 15) is 4.79 Å². The van der Waals surface area contributed by atoms with Gasteiger partial charge < -0.3 is 9.64 Å². The zero-order valence-electron chi connectivity index (χ0n) is 16.0. The van der Waals surface area contributed by atoms with Crippen LogP contribution < -0.4 is 10.1 Å². The third-order valence-corrected chi connectivity index (χ3v) is 5.40. The first kappa shape index (κ1) is 19.3. The van der Waals surface area contributed by atoms with Crippen molar-refractivity contribution in [2.75, 3.05) is 26.0 Å². The highest BCUT2D eigenvalue weighted by atomic mass is 35.5. The highest BCUT2D eigenvalue weighted by Crippen LogP contribution is 2.32. The van der Waals surface area contributed by atoms with Crippen LogP contribution in [0.3, 0.4) is 0 Å². The van der Waals surface area contributed by atoms with Gasteiger partial charge in [0.05, 0.1) is 12.6 Å². The Morgan fingerprint density at radius 3 is 2.92 bits per heavy atom. The molecule has 1 saturated heterocycles. The van der Waals surface area contributed by atoms with Gasteiger partial charge in [-0.25, -0.2) is 4.57 Å². The lowest BCUT2D eigenvalue weighted by atomic mass is 10.0. The summed E-state index contributed by atoms with van der Waals surface area (Å²) in [6, 6.07) is 0.